The first kappa shape index (κ1) is 50.1. The number of hydrogen-bond donors (Lipinski definition) is 5. The Bertz CT molecular complexity index is 3290. The van der Waals surface area contributed by atoms with E-state index < -0.39 is 33.3 Å². The highest BCUT2D eigenvalue weighted by Gasteiger charge is 2.30. The quantitative estimate of drug-likeness (QED) is 0.0813. The highest BCUT2D eigenvalue weighted by Crippen LogP contribution is 2.33. The summed E-state index contributed by atoms with van der Waals surface area (Å²) < 4.78 is 85.5. The number of carbonyl (C=O) groups is 2. The summed E-state index contributed by atoms with van der Waals surface area (Å²) in [4.78, 5) is 56.7. The Balaban J connectivity index is 0.000000175. The smallest absolute Gasteiger partial charge is 0.317 e. The number of fused-ring (bicyclic) bond motifs is 2. The highest BCUT2D eigenvalue weighted by atomic mass is 32.2. The SMILES string of the molecule is Cc1ccc(S(=O)(=O)n2cc(-c3ncc(F)c(NC4CCC[C@@H](NC(=O)N5CCCC5)C4)n3)c3cc(F)cnc32)cc1.O=C(N[C@@H]1CCCC(Nc2nc(-c3c[nH]c4ncc(F)cc34)ncc2F)C1)N1CCCC1. The zero-order valence-electron chi connectivity index (χ0n) is 40.6. The van der Waals surface area contributed by atoms with Crippen molar-refractivity contribution in [3.63, 3.8) is 0 Å². The minimum atomic E-state index is -4.10. The molecule has 0 bridgehead atoms. The van der Waals surface area contributed by atoms with E-state index in [0.717, 1.165) is 131 Å². The van der Waals surface area contributed by atoms with Gasteiger partial charge in [0.05, 0.1) is 29.7 Å². The van der Waals surface area contributed by atoms with Gasteiger partial charge in [-0.15, -0.1) is 0 Å². The molecular formula is C51H56F4N14O4S. The average molecular weight is 1040 g/mol. The van der Waals surface area contributed by atoms with Gasteiger partial charge < -0.3 is 36.1 Å². The fourth-order valence-corrected chi connectivity index (χ4v) is 11.6. The molecule has 8 heterocycles. The number of anilines is 2. The number of urea groups is 2. The molecule has 4 atom stereocenters. The minimum absolute atomic E-state index is 0.00160. The summed E-state index contributed by atoms with van der Waals surface area (Å²) in [6.45, 7) is 4.99. The lowest BCUT2D eigenvalue weighted by Crippen LogP contribution is -2.47. The van der Waals surface area contributed by atoms with Gasteiger partial charge in [0.2, 0.25) is 0 Å². The van der Waals surface area contributed by atoms with Crippen LogP contribution in [0.5, 0.6) is 0 Å². The largest absolute Gasteiger partial charge is 0.365 e. The fraction of sp³-hybridized carbons (Fsp3) is 0.412. The lowest BCUT2D eigenvalue weighted by Gasteiger charge is -2.32. The van der Waals surface area contributed by atoms with Gasteiger partial charge in [-0.2, -0.15) is 0 Å². The second-order valence-corrected chi connectivity index (χ2v) is 21.2. The number of pyridine rings is 2. The summed E-state index contributed by atoms with van der Waals surface area (Å²) in [7, 11) is -4.10. The number of likely N-dealkylation sites (tertiary alicyclic amines) is 2. The molecule has 388 valence electrons. The van der Waals surface area contributed by atoms with E-state index in [1.165, 1.54) is 24.4 Å². The molecule has 18 nitrogen and oxygen atoms in total. The summed E-state index contributed by atoms with van der Waals surface area (Å²) in [5.41, 5.74) is 2.14. The molecule has 2 aliphatic carbocycles. The number of nitrogens with one attached hydrogen (secondary N) is 5. The first-order chi connectivity index (χ1) is 35.7. The van der Waals surface area contributed by atoms with Crippen LogP contribution in [0.15, 0.2) is 78.5 Å². The van der Waals surface area contributed by atoms with Crippen LogP contribution in [0, 0.1) is 30.2 Å². The Morgan fingerprint density at radius 2 is 1.12 bits per heavy atom. The van der Waals surface area contributed by atoms with Gasteiger partial charge in [-0.25, -0.2) is 69.4 Å². The zero-order valence-corrected chi connectivity index (χ0v) is 41.4. The van der Waals surface area contributed by atoms with Gasteiger partial charge in [-0.3, -0.25) is 0 Å². The molecule has 7 aromatic rings. The summed E-state index contributed by atoms with van der Waals surface area (Å²) in [5.74, 6) is -2.02. The van der Waals surface area contributed by atoms with Gasteiger partial charge in [-0.05, 0) is 108 Å². The predicted octanol–water partition coefficient (Wildman–Crippen LogP) is 8.67. The van der Waals surface area contributed by atoms with Gasteiger partial charge in [0.15, 0.2) is 40.6 Å². The van der Waals surface area contributed by atoms with Crippen LogP contribution >= 0.6 is 0 Å². The third-order valence-corrected chi connectivity index (χ3v) is 15.8. The number of rotatable bonds is 10. The third kappa shape index (κ3) is 11.1. The van der Waals surface area contributed by atoms with Gasteiger partial charge in [0, 0.05) is 84.6 Å². The first-order valence-electron chi connectivity index (χ1n) is 25.1. The van der Waals surface area contributed by atoms with Crippen molar-refractivity contribution in [1.82, 2.24) is 59.3 Å². The normalized spacial score (nSPS) is 20.1. The van der Waals surface area contributed by atoms with Gasteiger partial charge in [0.1, 0.15) is 17.3 Å². The standard InChI is InChI=1S/C29H31F2N7O3S.C22H25F2N7O/c1-18-7-9-22(10-8-18)42(40,41)38-17-24(23-13-19(30)15-33-28(23)38)26-32-16-25(31)27(36-26)34-20-5-4-6-21(14-20)35-29(39)37-11-2-3-12-37;23-13-8-16-17(11-26-19(16)25-10-13)20-27-12-18(24)21(30-20)28-14-4-3-5-15(9-14)29-22(32)31-6-1-2-7-31/h7-10,13,15-17,20-21H,2-6,11-12,14H2,1H3,(H,35,39)(H,32,34,36);8,10-12,14-15H,1-7,9H2,(H,25,26)(H,29,32)(H,27,28,30)/t20?,21-;14?,15-/m11/s1. The van der Waals surface area contributed by atoms with Crippen molar-refractivity contribution in [2.75, 3.05) is 36.8 Å². The first-order valence-corrected chi connectivity index (χ1v) is 26.5. The molecule has 0 spiro atoms. The molecule has 23 heteroatoms. The number of carbonyl (C=O) groups excluding carboxylic acids is 2. The van der Waals surface area contributed by atoms with Crippen molar-refractivity contribution in [1.29, 1.82) is 0 Å². The maximum atomic E-state index is 14.9. The molecule has 0 radical (unpaired) electrons. The number of amides is 4. The number of aromatic amines is 1. The summed E-state index contributed by atoms with van der Waals surface area (Å²) >= 11 is 0. The molecule has 2 saturated carbocycles. The monoisotopic (exact) mass is 1040 g/mol. The van der Waals surface area contributed by atoms with E-state index >= 15 is 0 Å². The van der Waals surface area contributed by atoms with Gasteiger partial charge in [-0.1, -0.05) is 17.7 Å². The van der Waals surface area contributed by atoms with Crippen molar-refractivity contribution in [3.05, 3.63) is 102 Å². The van der Waals surface area contributed by atoms with Gasteiger partial charge in [0.25, 0.3) is 10.0 Å². The van der Waals surface area contributed by atoms with E-state index in [9.17, 15) is 35.6 Å². The molecule has 2 unspecified atom stereocenters. The topological polar surface area (TPSA) is 221 Å². The van der Waals surface area contributed by atoms with Crippen LogP contribution in [0.1, 0.15) is 82.6 Å². The van der Waals surface area contributed by atoms with Crippen molar-refractivity contribution < 1.29 is 35.6 Å². The van der Waals surface area contributed by atoms with Crippen molar-refractivity contribution in [3.8, 4) is 22.8 Å². The van der Waals surface area contributed by atoms with Crippen LogP contribution in [-0.2, 0) is 10.0 Å². The molecule has 74 heavy (non-hydrogen) atoms. The van der Waals surface area contributed by atoms with Gasteiger partial charge >= 0.3 is 12.1 Å². The Morgan fingerprint density at radius 3 is 1.68 bits per heavy atom. The van der Waals surface area contributed by atoms with E-state index in [0.29, 0.717) is 29.4 Å². The third-order valence-electron chi connectivity index (χ3n) is 14.1. The molecular weight excluding hydrogens is 981 g/mol. The number of halogens is 4. The molecule has 2 aliphatic heterocycles. The number of hydrogen-bond acceptors (Lipinski definition) is 12. The summed E-state index contributed by atoms with van der Waals surface area (Å²) in [6.07, 6.45) is 17.7. The van der Waals surface area contributed by atoms with Crippen LogP contribution in [0.25, 0.3) is 44.8 Å². The molecule has 4 fully saturated rings. The second-order valence-electron chi connectivity index (χ2n) is 19.4. The van der Waals surface area contributed by atoms with Crippen LogP contribution in [0.4, 0.5) is 38.8 Å². The minimum Gasteiger partial charge on any atom is -0.365 e. The predicted molar refractivity (Wildman–Crippen MR) is 269 cm³/mol. The van der Waals surface area contributed by atoms with Crippen LogP contribution in [-0.4, -0.2) is 119 Å². The Morgan fingerprint density at radius 1 is 0.622 bits per heavy atom. The number of aryl methyl sites for hydroxylation is 1. The van der Waals surface area contributed by atoms with Crippen LogP contribution < -0.4 is 21.3 Å². The molecule has 4 amide bonds. The highest BCUT2D eigenvalue weighted by molar-refractivity contribution is 7.90. The fourth-order valence-electron chi connectivity index (χ4n) is 10.3. The number of benzene rings is 1. The summed E-state index contributed by atoms with van der Waals surface area (Å²) in [5, 5.41) is 13.3. The number of H-pyrrole nitrogens is 1. The zero-order chi connectivity index (χ0) is 51.5. The Kier molecular flexibility index (Phi) is 14.6. The van der Waals surface area contributed by atoms with E-state index in [2.05, 4.69) is 56.2 Å². The molecule has 11 rings (SSSR count). The molecule has 1 aromatic carbocycles. The second kappa shape index (κ2) is 21.6. The average Bonchev–Trinajstić information content (AvgIpc) is 4.25. The Labute approximate surface area is 424 Å². The van der Waals surface area contributed by atoms with E-state index in [1.807, 2.05) is 16.7 Å². The van der Waals surface area contributed by atoms with E-state index in [-0.39, 0.29) is 81.0 Å². The van der Waals surface area contributed by atoms with Crippen molar-refractivity contribution in [2.24, 2.45) is 0 Å². The molecule has 5 N–H and O–H groups in total. The van der Waals surface area contributed by atoms with Crippen LogP contribution in [0.3, 0.4) is 0 Å². The number of nitrogens with zero attached hydrogens (tertiary/aromatic N) is 9. The van der Waals surface area contributed by atoms with Crippen LogP contribution in [0.2, 0.25) is 0 Å². The lowest BCUT2D eigenvalue weighted by molar-refractivity contribution is 0.199. The maximum absolute atomic E-state index is 14.9. The number of aromatic nitrogens is 8. The maximum Gasteiger partial charge on any atom is 0.317 e. The van der Waals surface area contributed by atoms with Crippen molar-refractivity contribution in [2.45, 2.75) is 113 Å². The van der Waals surface area contributed by atoms with E-state index in [1.54, 1.807) is 18.3 Å². The lowest BCUT2D eigenvalue weighted by atomic mass is 9.91. The summed E-state index contributed by atoms with van der Waals surface area (Å²) in [6, 6.07) is 8.60. The molecule has 4 aliphatic rings. The Hall–Kier alpha value is -7.43. The molecule has 2 saturated heterocycles. The van der Waals surface area contributed by atoms with E-state index in [4.69, 9.17) is 0 Å². The van der Waals surface area contributed by atoms with Crippen molar-refractivity contribution >= 4 is 55.8 Å². The molecule has 6 aromatic heterocycles.